The normalized spacial score (nSPS) is 13.6. The Hall–Kier alpha value is -4.22. The van der Waals surface area contributed by atoms with E-state index in [9.17, 15) is 0 Å². The summed E-state index contributed by atoms with van der Waals surface area (Å²) in [5.74, 6) is 1.52. The van der Waals surface area contributed by atoms with E-state index >= 15 is 0 Å². The van der Waals surface area contributed by atoms with Crippen LogP contribution in [0.3, 0.4) is 0 Å². The van der Waals surface area contributed by atoms with Crippen molar-refractivity contribution in [3.8, 4) is 0 Å². The van der Waals surface area contributed by atoms with Gasteiger partial charge < -0.3 is 20.6 Å². The highest BCUT2D eigenvalue weighted by molar-refractivity contribution is 6.20. The van der Waals surface area contributed by atoms with Crippen LogP contribution in [0, 0.1) is 0 Å². The van der Waals surface area contributed by atoms with Crippen LogP contribution in [0.5, 0.6) is 0 Å². The van der Waals surface area contributed by atoms with Crippen molar-refractivity contribution >= 4 is 67.3 Å². The Morgan fingerprint density at radius 2 is 1.33 bits per heavy atom. The van der Waals surface area contributed by atoms with E-state index in [1.807, 2.05) is 0 Å². The summed E-state index contributed by atoms with van der Waals surface area (Å²) >= 11 is 0. The van der Waals surface area contributed by atoms with Crippen LogP contribution in [0.1, 0.15) is 0 Å². The van der Waals surface area contributed by atoms with Crippen molar-refractivity contribution in [2.75, 3.05) is 17.3 Å². The van der Waals surface area contributed by atoms with Gasteiger partial charge in [0.25, 0.3) is 0 Å². The summed E-state index contributed by atoms with van der Waals surface area (Å²) in [5, 5.41) is 6.40. The van der Waals surface area contributed by atoms with Gasteiger partial charge in [0.2, 0.25) is 0 Å². The van der Waals surface area contributed by atoms with E-state index in [0.29, 0.717) is 56.8 Å². The first-order chi connectivity index (χ1) is 13.3. The maximum Gasteiger partial charge on any atom is 0.200 e. The topological polar surface area (TPSA) is 159 Å². The Morgan fingerprint density at radius 3 is 2.22 bits per heavy atom. The summed E-state index contributed by atoms with van der Waals surface area (Å²) in [6, 6.07) is 0. The summed E-state index contributed by atoms with van der Waals surface area (Å²) in [7, 11) is 0. The number of rotatable bonds is 0. The summed E-state index contributed by atoms with van der Waals surface area (Å²) < 4.78 is 0. The minimum Gasteiger partial charge on any atom is -0.351 e. The van der Waals surface area contributed by atoms with E-state index in [-0.39, 0.29) is 0 Å². The van der Waals surface area contributed by atoms with Gasteiger partial charge in [0.05, 0.1) is 17.7 Å². The molecule has 128 valence electrons. The van der Waals surface area contributed by atoms with Gasteiger partial charge in [-0.05, 0) is 0 Å². The Balaban J connectivity index is 1.82. The van der Waals surface area contributed by atoms with Crippen LogP contribution in [-0.2, 0) is 0 Å². The molecule has 0 saturated carbocycles. The molecule has 0 atom stereocenters. The monoisotopic (exact) mass is 356 g/mol. The number of hydrogen-bond donors (Lipinski definition) is 4. The molecule has 6 aromatic rings. The van der Waals surface area contributed by atoms with Crippen LogP contribution in [0.15, 0.2) is 12.7 Å². The standard InChI is InChI=1S/C15H8N12/c1-16-10-11(17-1)23-5-4(22-10)6-8(26-14-12(24-6)18-2-20-14)9-7(5)25-13-15(27-9)21-3-19-13/h1-2,19,21,25H,3H2,(H,18,20,24,26). The van der Waals surface area contributed by atoms with Gasteiger partial charge in [0.15, 0.2) is 28.4 Å². The lowest BCUT2D eigenvalue weighted by Crippen LogP contribution is -1.99. The molecule has 0 fully saturated rings. The number of aromatic nitrogens is 10. The Kier molecular flexibility index (Phi) is 2.08. The third kappa shape index (κ3) is 1.57. The summed E-state index contributed by atoms with van der Waals surface area (Å²) in [4.78, 5) is 42.1. The van der Waals surface area contributed by atoms with Gasteiger partial charge in [-0.2, -0.15) is 0 Å². The highest BCUT2D eigenvalue weighted by Crippen LogP contribution is 2.34. The van der Waals surface area contributed by atoms with Crippen molar-refractivity contribution in [1.82, 2.24) is 49.8 Å². The average molecular weight is 356 g/mol. The van der Waals surface area contributed by atoms with E-state index < -0.39 is 0 Å². The number of aromatic amines is 2. The molecule has 0 radical (unpaired) electrons. The maximum atomic E-state index is 4.76. The SMILES string of the molecule is c1nc2nc3c(nc2n1)c1[nH]c2c(nc1c1[nH]c4ncnc4nc31)NCN2. The van der Waals surface area contributed by atoms with Crippen LogP contribution >= 0.6 is 0 Å². The number of H-pyrrole nitrogens is 2. The first-order valence-corrected chi connectivity index (χ1v) is 8.17. The molecule has 6 heterocycles. The smallest absolute Gasteiger partial charge is 0.200 e. The van der Waals surface area contributed by atoms with Gasteiger partial charge >= 0.3 is 0 Å². The molecule has 0 bridgehead atoms. The van der Waals surface area contributed by atoms with Crippen molar-refractivity contribution < 1.29 is 0 Å². The molecule has 0 saturated heterocycles. The van der Waals surface area contributed by atoms with Gasteiger partial charge in [-0.3, -0.25) is 0 Å². The number of fused-ring (bicyclic) bond motifs is 9. The van der Waals surface area contributed by atoms with Crippen molar-refractivity contribution in [2.45, 2.75) is 0 Å². The Labute approximate surface area is 147 Å². The number of benzene rings is 1. The number of nitrogens with zero attached hydrogens (tertiary/aromatic N) is 8. The molecule has 5 aromatic heterocycles. The van der Waals surface area contributed by atoms with Crippen LogP contribution in [0.2, 0.25) is 0 Å². The number of anilines is 2. The fourth-order valence-electron chi connectivity index (χ4n) is 3.47. The second kappa shape index (κ2) is 4.30. The summed E-state index contributed by atoms with van der Waals surface area (Å²) in [5.41, 5.74) is 5.95. The number of imidazole rings is 2. The molecule has 0 spiro atoms. The fourth-order valence-corrected chi connectivity index (χ4v) is 3.47. The largest absolute Gasteiger partial charge is 0.351 e. The molecule has 1 aliphatic rings. The molecule has 1 aromatic carbocycles. The Morgan fingerprint density at radius 1 is 0.630 bits per heavy atom. The second-order valence-corrected chi connectivity index (χ2v) is 6.16. The quantitative estimate of drug-likeness (QED) is 0.290. The van der Waals surface area contributed by atoms with Crippen molar-refractivity contribution in [3.63, 3.8) is 0 Å². The van der Waals surface area contributed by atoms with Crippen molar-refractivity contribution in [3.05, 3.63) is 12.7 Å². The molecule has 4 N–H and O–H groups in total. The molecular formula is C15H8N12. The highest BCUT2D eigenvalue weighted by Gasteiger charge is 2.21. The zero-order chi connectivity index (χ0) is 17.5. The predicted octanol–water partition coefficient (Wildman–Crippen LogP) is 1.06. The molecule has 27 heavy (non-hydrogen) atoms. The zero-order valence-electron chi connectivity index (χ0n) is 13.4. The lowest BCUT2D eigenvalue weighted by atomic mass is 10.2. The van der Waals surface area contributed by atoms with Gasteiger partial charge in [0, 0.05) is 0 Å². The van der Waals surface area contributed by atoms with Crippen LogP contribution in [0.25, 0.3) is 55.7 Å². The molecule has 1 aliphatic heterocycles. The van der Waals surface area contributed by atoms with E-state index in [0.717, 1.165) is 17.2 Å². The van der Waals surface area contributed by atoms with Gasteiger partial charge in [-0.15, -0.1) is 0 Å². The Bertz CT molecular complexity index is 1440. The minimum atomic E-state index is 0.465. The number of nitrogens with one attached hydrogen (secondary N) is 4. The van der Waals surface area contributed by atoms with Crippen molar-refractivity contribution in [2.24, 2.45) is 0 Å². The van der Waals surface area contributed by atoms with Crippen LogP contribution < -0.4 is 10.6 Å². The van der Waals surface area contributed by atoms with E-state index in [4.69, 9.17) is 4.98 Å². The second-order valence-electron chi connectivity index (χ2n) is 6.16. The van der Waals surface area contributed by atoms with Crippen LogP contribution in [0.4, 0.5) is 11.6 Å². The maximum absolute atomic E-state index is 4.76. The summed E-state index contributed by atoms with van der Waals surface area (Å²) in [6.45, 7) is 0.593. The predicted molar refractivity (Wildman–Crippen MR) is 97.1 cm³/mol. The molecule has 12 heteroatoms. The molecule has 0 amide bonds. The van der Waals surface area contributed by atoms with Crippen molar-refractivity contribution in [1.29, 1.82) is 0 Å². The zero-order valence-corrected chi connectivity index (χ0v) is 13.4. The molecule has 12 nitrogen and oxygen atoms in total. The minimum absolute atomic E-state index is 0.465. The molecular weight excluding hydrogens is 348 g/mol. The number of hydrogen-bond acceptors (Lipinski definition) is 10. The summed E-state index contributed by atoms with van der Waals surface area (Å²) in [6.07, 6.45) is 2.91. The fraction of sp³-hybridized carbons (Fsp3) is 0.0667. The average Bonchev–Trinajstić information content (AvgIpc) is 3.43. The molecule has 0 aliphatic carbocycles. The third-order valence-corrected chi connectivity index (χ3v) is 4.66. The van der Waals surface area contributed by atoms with E-state index in [1.165, 1.54) is 12.7 Å². The lowest BCUT2D eigenvalue weighted by Gasteiger charge is -2.09. The first kappa shape index (κ1) is 13.0. The van der Waals surface area contributed by atoms with Gasteiger partial charge in [-0.1, -0.05) is 0 Å². The van der Waals surface area contributed by atoms with E-state index in [2.05, 4.69) is 55.5 Å². The van der Waals surface area contributed by atoms with Crippen LogP contribution in [-0.4, -0.2) is 56.5 Å². The molecule has 0 unspecified atom stereocenters. The van der Waals surface area contributed by atoms with Gasteiger partial charge in [0.1, 0.15) is 40.5 Å². The van der Waals surface area contributed by atoms with Gasteiger partial charge in [-0.25, -0.2) is 39.9 Å². The molecule has 7 rings (SSSR count). The highest BCUT2D eigenvalue weighted by atomic mass is 15.2. The van der Waals surface area contributed by atoms with E-state index in [1.54, 1.807) is 0 Å². The lowest BCUT2D eigenvalue weighted by molar-refractivity contribution is 1.28. The first-order valence-electron chi connectivity index (χ1n) is 8.17. The third-order valence-electron chi connectivity index (χ3n) is 4.66.